The Kier molecular flexibility index (Phi) is 6.42. The molecule has 0 heterocycles. The minimum Gasteiger partial charge on any atom is -0.443 e. The van der Waals surface area contributed by atoms with Crippen LogP contribution in [-0.4, -0.2) is 17.3 Å². The highest BCUT2D eigenvalue weighted by molar-refractivity contribution is 6.35. The third kappa shape index (κ3) is 4.90. The van der Waals surface area contributed by atoms with Gasteiger partial charge in [0.25, 0.3) is 0 Å². The molecular weight excluding hydrogens is 289 g/mol. The average molecular weight is 306 g/mol. The number of ether oxygens (including phenoxy) is 1. The predicted octanol–water partition coefficient (Wildman–Crippen LogP) is 3.68. The van der Waals surface area contributed by atoms with Crippen LogP contribution in [0.15, 0.2) is 18.2 Å². The molecule has 6 heteroatoms. The van der Waals surface area contributed by atoms with Crippen molar-refractivity contribution in [1.82, 2.24) is 0 Å². The maximum atomic E-state index is 10.9. The molecule has 106 valence electrons. The smallest absolute Gasteiger partial charge is 0.404 e. The molecule has 0 spiro atoms. The molecule has 0 aromatic heterocycles. The summed E-state index contributed by atoms with van der Waals surface area (Å²) in [4.78, 5) is 10.9. The highest BCUT2D eigenvalue weighted by Crippen LogP contribution is 2.30. The maximum absolute atomic E-state index is 10.9. The van der Waals surface area contributed by atoms with Crippen molar-refractivity contribution in [2.24, 2.45) is 5.73 Å². The second kappa shape index (κ2) is 7.58. The zero-order chi connectivity index (χ0) is 14.4. The fourth-order valence-corrected chi connectivity index (χ4v) is 2.30. The summed E-state index contributed by atoms with van der Waals surface area (Å²) in [5.74, 6) is 0. The zero-order valence-corrected chi connectivity index (χ0v) is 12.1. The van der Waals surface area contributed by atoms with Crippen LogP contribution >= 0.6 is 23.2 Å². The highest BCUT2D eigenvalue weighted by atomic mass is 35.5. The molecule has 1 aromatic rings. The quantitative estimate of drug-likeness (QED) is 0.842. The van der Waals surface area contributed by atoms with E-state index in [1.165, 1.54) is 6.07 Å². The number of carbonyl (C=O) groups excluding carboxylic acids is 1. The Morgan fingerprint density at radius 2 is 2.16 bits per heavy atom. The van der Waals surface area contributed by atoms with E-state index in [0.29, 0.717) is 22.0 Å². The standard InChI is InChI=1S/C13H17Cl2NO3/c1-2-3-4-11(19-13(16)18)12(17)9-6-5-8(14)7-10(9)15/h5-7,11-12,17H,2-4H2,1H3,(H2,16,18). The van der Waals surface area contributed by atoms with Crippen LogP contribution in [0, 0.1) is 0 Å². The van der Waals surface area contributed by atoms with Crippen molar-refractivity contribution >= 4 is 29.3 Å². The summed E-state index contributed by atoms with van der Waals surface area (Å²) in [6.45, 7) is 2.00. The van der Waals surface area contributed by atoms with Gasteiger partial charge in [0.1, 0.15) is 12.2 Å². The molecule has 1 amide bonds. The van der Waals surface area contributed by atoms with Gasteiger partial charge in [-0.05, 0) is 25.0 Å². The van der Waals surface area contributed by atoms with Gasteiger partial charge < -0.3 is 15.6 Å². The molecule has 0 bridgehead atoms. The fraction of sp³-hybridized carbons (Fsp3) is 0.462. The minimum atomic E-state index is -1.02. The third-order valence-electron chi connectivity index (χ3n) is 2.74. The van der Waals surface area contributed by atoms with Crippen molar-refractivity contribution in [2.75, 3.05) is 0 Å². The van der Waals surface area contributed by atoms with Crippen LogP contribution in [0.2, 0.25) is 10.0 Å². The van der Waals surface area contributed by atoms with Gasteiger partial charge in [0.2, 0.25) is 0 Å². The summed E-state index contributed by atoms with van der Waals surface area (Å²) in [6, 6.07) is 4.76. The number of halogens is 2. The van der Waals surface area contributed by atoms with Crippen LogP contribution in [0.4, 0.5) is 4.79 Å². The first-order valence-corrected chi connectivity index (χ1v) is 6.80. The van der Waals surface area contributed by atoms with Crippen LogP contribution < -0.4 is 5.73 Å². The molecule has 19 heavy (non-hydrogen) atoms. The maximum Gasteiger partial charge on any atom is 0.404 e. The van der Waals surface area contributed by atoms with E-state index in [4.69, 9.17) is 33.7 Å². The van der Waals surface area contributed by atoms with E-state index in [1.54, 1.807) is 12.1 Å². The number of carbonyl (C=O) groups is 1. The first kappa shape index (κ1) is 16.1. The van der Waals surface area contributed by atoms with Crippen LogP contribution in [0.1, 0.15) is 37.9 Å². The molecule has 0 saturated carbocycles. The molecule has 3 N–H and O–H groups in total. The summed E-state index contributed by atoms with van der Waals surface area (Å²) < 4.78 is 4.95. The molecule has 0 aliphatic rings. The molecule has 0 fully saturated rings. The number of aliphatic hydroxyl groups excluding tert-OH is 1. The van der Waals surface area contributed by atoms with E-state index < -0.39 is 18.3 Å². The van der Waals surface area contributed by atoms with Gasteiger partial charge in [0.15, 0.2) is 0 Å². The number of benzene rings is 1. The molecule has 4 nitrogen and oxygen atoms in total. The second-order valence-corrected chi connectivity index (χ2v) is 5.07. The van der Waals surface area contributed by atoms with E-state index in [2.05, 4.69) is 0 Å². The van der Waals surface area contributed by atoms with Gasteiger partial charge in [-0.2, -0.15) is 0 Å². The van der Waals surface area contributed by atoms with Gasteiger partial charge in [-0.1, -0.05) is 42.6 Å². The molecule has 0 saturated heterocycles. The lowest BCUT2D eigenvalue weighted by molar-refractivity contribution is -0.000249. The Labute approximate surface area is 122 Å². The number of rotatable bonds is 6. The minimum absolute atomic E-state index is 0.328. The number of hydrogen-bond acceptors (Lipinski definition) is 3. The van der Waals surface area contributed by atoms with Gasteiger partial charge in [0, 0.05) is 15.6 Å². The molecule has 2 unspecified atom stereocenters. The van der Waals surface area contributed by atoms with Crippen molar-refractivity contribution in [2.45, 2.75) is 38.4 Å². The number of aliphatic hydroxyl groups is 1. The Morgan fingerprint density at radius 1 is 1.47 bits per heavy atom. The normalized spacial score (nSPS) is 13.9. The van der Waals surface area contributed by atoms with Crippen LogP contribution in [0.3, 0.4) is 0 Å². The lowest BCUT2D eigenvalue weighted by Crippen LogP contribution is -2.28. The monoisotopic (exact) mass is 305 g/mol. The zero-order valence-electron chi connectivity index (χ0n) is 10.6. The Balaban J connectivity index is 2.90. The van der Waals surface area contributed by atoms with Crippen LogP contribution in [0.5, 0.6) is 0 Å². The van der Waals surface area contributed by atoms with Gasteiger partial charge in [-0.3, -0.25) is 0 Å². The van der Waals surface area contributed by atoms with E-state index in [-0.39, 0.29) is 0 Å². The van der Waals surface area contributed by atoms with Gasteiger partial charge in [-0.25, -0.2) is 4.79 Å². The predicted molar refractivity (Wildman–Crippen MR) is 75.4 cm³/mol. The number of primary amides is 1. The summed E-state index contributed by atoms with van der Waals surface area (Å²) in [5, 5.41) is 11.1. The number of unbranched alkanes of at least 4 members (excludes halogenated alkanes) is 1. The fourth-order valence-electron chi connectivity index (χ4n) is 1.78. The second-order valence-electron chi connectivity index (χ2n) is 4.23. The molecular formula is C13H17Cl2NO3. The molecule has 2 atom stereocenters. The lowest BCUT2D eigenvalue weighted by Gasteiger charge is -2.23. The largest absolute Gasteiger partial charge is 0.443 e. The van der Waals surface area contributed by atoms with Gasteiger partial charge in [0.05, 0.1) is 0 Å². The Bertz CT molecular complexity index is 440. The van der Waals surface area contributed by atoms with Crippen LogP contribution in [0.25, 0.3) is 0 Å². The third-order valence-corrected chi connectivity index (χ3v) is 3.31. The van der Waals surface area contributed by atoms with E-state index in [0.717, 1.165) is 12.8 Å². The molecule has 1 rings (SSSR count). The lowest BCUT2D eigenvalue weighted by atomic mass is 10.00. The van der Waals surface area contributed by atoms with Gasteiger partial charge >= 0.3 is 6.09 Å². The number of nitrogens with two attached hydrogens (primary N) is 1. The van der Waals surface area contributed by atoms with E-state index in [9.17, 15) is 9.90 Å². The first-order chi connectivity index (χ1) is 8.95. The SMILES string of the molecule is CCCCC(OC(N)=O)C(O)c1ccc(Cl)cc1Cl. The molecule has 0 aliphatic carbocycles. The summed E-state index contributed by atoms with van der Waals surface area (Å²) in [6.07, 6.45) is -0.412. The Morgan fingerprint density at radius 3 is 2.68 bits per heavy atom. The van der Waals surface area contributed by atoms with Crippen molar-refractivity contribution in [3.8, 4) is 0 Å². The summed E-state index contributed by atoms with van der Waals surface area (Å²) >= 11 is 11.8. The molecule has 1 aromatic carbocycles. The first-order valence-electron chi connectivity index (χ1n) is 6.04. The molecule has 0 radical (unpaired) electrons. The number of amides is 1. The van der Waals surface area contributed by atoms with Crippen molar-refractivity contribution in [3.05, 3.63) is 33.8 Å². The van der Waals surface area contributed by atoms with E-state index >= 15 is 0 Å². The molecule has 0 aliphatic heterocycles. The van der Waals surface area contributed by atoms with Gasteiger partial charge in [-0.15, -0.1) is 0 Å². The summed E-state index contributed by atoms with van der Waals surface area (Å²) in [7, 11) is 0. The average Bonchev–Trinajstić information content (AvgIpc) is 2.33. The summed E-state index contributed by atoms with van der Waals surface area (Å²) in [5.41, 5.74) is 5.48. The highest BCUT2D eigenvalue weighted by Gasteiger charge is 2.25. The van der Waals surface area contributed by atoms with E-state index in [1.807, 2.05) is 6.92 Å². The van der Waals surface area contributed by atoms with Crippen molar-refractivity contribution in [3.63, 3.8) is 0 Å². The number of hydrogen-bond donors (Lipinski definition) is 2. The topological polar surface area (TPSA) is 72.5 Å². The van der Waals surface area contributed by atoms with Crippen molar-refractivity contribution < 1.29 is 14.6 Å². The van der Waals surface area contributed by atoms with Crippen molar-refractivity contribution in [1.29, 1.82) is 0 Å². The Hall–Kier alpha value is -0.970. The van der Waals surface area contributed by atoms with Crippen LogP contribution in [-0.2, 0) is 4.74 Å².